The highest BCUT2D eigenvalue weighted by Crippen LogP contribution is 2.25. The summed E-state index contributed by atoms with van der Waals surface area (Å²) in [5.74, 6) is 1.68. The van der Waals surface area contributed by atoms with Crippen LogP contribution < -0.4 is 9.47 Å². The normalized spacial score (nSPS) is 16.7. The summed E-state index contributed by atoms with van der Waals surface area (Å²) >= 11 is 0. The summed E-state index contributed by atoms with van der Waals surface area (Å²) < 4.78 is 22.9. The average Bonchev–Trinajstić information content (AvgIpc) is 3.05. The number of hydrogen-bond donors (Lipinski definition) is 0. The van der Waals surface area contributed by atoms with Crippen molar-refractivity contribution < 1.29 is 33.3 Å². The standard InChI is InChI=1S/C35H48N2O7/c1-3-5-6-7-9-12-27(4-2)33(38)42-31-19-23-36(24-20-31)35(40)44-32-21-25-37(26-22-32)34(39)43-30-17-15-29(16-18-30)41-28-13-10-8-11-14-28/h8,10-11,13-18,27,31-32H,3-7,9,12,19-26H2,1-2H3. The van der Waals surface area contributed by atoms with Crippen molar-refractivity contribution in [1.82, 2.24) is 9.80 Å². The molecule has 4 rings (SSSR count). The molecule has 0 aromatic heterocycles. The van der Waals surface area contributed by atoms with Crippen LogP contribution in [0.25, 0.3) is 0 Å². The summed E-state index contributed by atoms with van der Waals surface area (Å²) in [7, 11) is 0. The highest BCUT2D eigenvalue weighted by Gasteiger charge is 2.31. The molecule has 2 heterocycles. The van der Waals surface area contributed by atoms with Gasteiger partial charge in [-0.25, -0.2) is 9.59 Å². The number of hydrogen-bond acceptors (Lipinski definition) is 7. The van der Waals surface area contributed by atoms with E-state index in [1.54, 1.807) is 34.1 Å². The predicted molar refractivity (Wildman–Crippen MR) is 168 cm³/mol. The van der Waals surface area contributed by atoms with Gasteiger partial charge in [-0.3, -0.25) is 4.79 Å². The maximum Gasteiger partial charge on any atom is 0.415 e. The van der Waals surface area contributed by atoms with Crippen LogP contribution in [-0.2, 0) is 14.3 Å². The van der Waals surface area contributed by atoms with E-state index in [1.807, 2.05) is 37.3 Å². The first kappa shape index (κ1) is 33.1. The second-order valence-corrected chi connectivity index (χ2v) is 11.8. The fraction of sp³-hybridized carbons (Fsp3) is 0.571. The van der Waals surface area contributed by atoms with Gasteiger partial charge in [0, 0.05) is 51.9 Å². The van der Waals surface area contributed by atoms with Crippen LogP contribution in [-0.4, -0.2) is 66.3 Å². The number of para-hydroxylation sites is 1. The lowest BCUT2D eigenvalue weighted by atomic mass is 9.98. The Kier molecular flexibility index (Phi) is 13.2. The van der Waals surface area contributed by atoms with Gasteiger partial charge in [0.05, 0.1) is 5.92 Å². The summed E-state index contributed by atoms with van der Waals surface area (Å²) in [6.45, 7) is 6.15. The van der Waals surface area contributed by atoms with Gasteiger partial charge < -0.3 is 28.7 Å². The lowest BCUT2D eigenvalue weighted by Crippen LogP contribution is -2.46. The molecule has 0 radical (unpaired) electrons. The molecule has 9 heteroatoms. The first-order chi connectivity index (χ1) is 21.4. The van der Waals surface area contributed by atoms with Gasteiger partial charge in [0.2, 0.25) is 0 Å². The molecule has 44 heavy (non-hydrogen) atoms. The fourth-order valence-corrected chi connectivity index (χ4v) is 5.64. The van der Waals surface area contributed by atoms with Crippen molar-refractivity contribution >= 4 is 18.2 Å². The minimum absolute atomic E-state index is 0.0390. The molecule has 2 aliphatic heterocycles. The number of esters is 1. The molecule has 2 aromatic rings. The summed E-state index contributed by atoms with van der Waals surface area (Å²) in [5, 5.41) is 0. The number of likely N-dealkylation sites (tertiary alicyclic amines) is 2. The third-order valence-electron chi connectivity index (χ3n) is 8.44. The Labute approximate surface area is 261 Å². The van der Waals surface area contributed by atoms with E-state index in [1.165, 1.54) is 25.7 Å². The Hall–Kier alpha value is -3.75. The summed E-state index contributed by atoms with van der Waals surface area (Å²) in [6.07, 6.45) is 8.79. The van der Waals surface area contributed by atoms with Gasteiger partial charge in [-0.2, -0.15) is 0 Å². The Bertz CT molecular complexity index is 1160. The van der Waals surface area contributed by atoms with E-state index >= 15 is 0 Å². The molecule has 2 saturated heterocycles. The molecule has 2 aromatic carbocycles. The van der Waals surface area contributed by atoms with E-state index in [9.17, 15) is 14.4 Å². The topological polar surface area (TPSA) is 94.6 Å². The first-order valence-electron chi connectivity index (χ1n) is 16.4. The van der Waals surface area contributed by atoms with E-state index in [0.717, 1.165) is 25.0 Å². The van der Waals surface area contributed by atoms with Crippen LogP contribution in [0.3, 0.4) is 0 Å². The number of rotatable bonds is 13. The average molecular weight is 609 g/mol. The lowest BCUT2D eigenvalue weighted by Gasteiger charge is -2.35. The van der Waals surface area contributed by atoms with Gasteiger partial charge in [-0.1, -0.05) is 64.2 Å². The van der Waals surface area contributed by atoms with Gasteiger partial charge in [0.1, 0.15) is 29.5 Å². The van der Waals surface area contributed by atoms with Gasteiger partial charge in [-0.15, -0.1) is 0 Å². The monoisotopic (exact) mass is 608 g/mol. The maximum absolute atomic E-state index is 12.8. The molecule has 0 saturated carbocycles. The van der Waals surface area contributed by atoms with Crippen molar-refractivity contribution in [3.8, 4) is 17.2 Å². The molecule has 1 atom stereocenters. The van der Waals surface area contributed by atoms with Crippen LogP contribution >= 0.6 is 0 Å². The van der Waals surface area contributed by atoms with Crippen molar-refractivity contribution in [2.75, 3.05) is 26.2 Å². The smallest absolute Gasteiger partial charge is 0.415 e. The second kappa shape index (κ2) is 17.5. The van der Waals surface area contributed by atoms with Gasteiger partial charge >= 0.3 is 18.2 Å². The van der Waals surface area contributed by atoms with E-state index in [2.05, 4.69) is 6.92 Å². The highest BCUT2D eigenvalue weighted by atomic mass is 16.6. The molecular weight excluding hydrogens is 560 g/mol. The molecule has 2 fully saturated rings. The first-order valence-corrected chi connectivity index (χ1v) is 16.4. The molecule has 0 N–H and O–H groups in total. The number of unbranched alkanes of at least 4 members (excludes halogenated alkanes) is 4. The zero-order chi connectivity index (χ0) is 31.1. The summed E-state index contributed by atoms with van der Waals surface area (Å²) in [4.78, 5) is 41.6. The third kappa shape index (κ3) is 10.5. The number of nitrogens with zero attached hydrogens (tertiary/aromatic N) is 2. The van der Waals surface area contributed by atoms with Crippen LogP contribution in [0.1, 0.15) is 84.5 Å². The van der Waals surface area contributed by atoms with Crippen molar-refractivity contribution in [3.63, 3.8) is 0 Å². The lowest BCUT2D eigenvalue weighted by molar-refractivity contribution is -0.156. The van der Waals surface area contributed by atoms with Crippen molar-refractivity contribution in [2.45, 2.75) is 96.7 Å². The highest BCUT2D eigenvalue weighted by molar-refractivity contribution is 5.73. The minimum Gasteiger partial charge on any atom is -0.462 e. The van der Waals surface area contributed by atoms with Crippen molar-refractivity contribution in [3.05, 3.63) is 54.6 Å². The number of carbonyl (C=O) groups excluding carboxylic acids is 3. The van der Waals surface area contributed by atoms with E-state index in [4.69, 9.17) is 18.9 Å². The van der Waals surface area contributed by atoms with E-state index in [0.29, 0.717) is 63.4 Å². The predicted octanol–water partition coefficient (Wildman–Crippen LogP) is 7.97. The molecular formula is C35H48N2O7. The van der Waals surface area contributed by atoms with E-state index in [-0.39, 0.29) is 30.2 Å². The zero-order valence-electron chi connectivity index (χ0n) is 26.3. The number of piperidine rings is 2. The van der Waals surface area contributed by atoms with Gasteiger partial charge in [0.15, 0.2) is 0 Å². The molecule has 2 aliphatic rings. The van der Waals surface area contributed by atoms with Gasteiger partial charge in [0.25, 0.3) is 0 Å². The largest absolute Gasteiger partial charge is 0.462 e. The zero-order valence-corrected chi connectivity index (χ0v) is 26.3. The number of benzene rings is 2. The third-order valence-corrected chi connectivity index (χ3v) is 8.44. The van der Waals surface area contributed by atoms with Crippen LogP contribution in [0.4, 0.5) is 9.59 Å². The Morgan fingerprint density at radius 1 is 0.682 bits per heavy atom. The molecule has 1 unspecified atom stereocenters. The second-order valence-electron chi connectivity index (χ2n) is 11.8. The van der Waals surface area contributed by atoms with E-state index < -0.39 is 6.09 Å². The molecule has 240 valence electrons. The molecule has 0 aliphatic carbocycles. The van der Waals surface area contributed by atoms with Crippen LogP contribution in [0, 0.1) is 5.92 Å². The molecule has 0 bridgehead atoms. The van der Waals surface area contributed by atoms with Crippen LogP contribution in [0.5, 0.6) is 17.2 Å². The van der Waals surface area contributed by atoms with Gasteiger partial charge in [-0.05, 0) is 49.2 Å². The molecule has 0 spiro atoms. The Morgan fingerprint density at radius 3 is 1.84 bits per heavy atom. The Balaban J connectivity index is 1.11. The van der Waals surface area contributed by atoms with Crippen LogP contribution in [0.15, 0.2) is 54.6 Å². The molecule has 2 amide bonds. The fourth-order valence-electron chi connectivity index (χ4n) is 5.64. The number of ether oxygens (including phenoxy) is 4. The maximum atomic E-state index is 12.8. The summed E-state index contributed by atoms with van der Waals surface area (Å²) in [5.41, 5.74) is 0. The Morgan fingerprint density at radius 2 is 1.23 bits per heavy atom. The number of carbonyl (C=O) groups is 3. The summed E-state index contributed by atoms with van der Waals surface area (Å²) in [6, 6.07) is 16.4. The minimum atomic E-state index is -0.426. The van der Waals surface area contributed by atoms with Crippen molar-refractivity contribution in [1.29, 1.82) is 0 Å². The quantitative estimate of drug-likeness (QED) is 0.168. The van der Waals surface area contributed by atoms with Crippen LogP contribution in [0.2, 0.25) is 0 Å². The molecule has 9 nitrogen and oxygen atoms in total. The number of amides is 2. The SMILES string of the molecule is CCCCCCCC(CC)C(=O)OC1CCN(C(=O)OC2CCN(C(=O)Oc3ccc(Oc4ccccc4)cc3)CC2)CC1. The van der Waals surface area contributed by atoms with Crippen molar-refractivity contribution in [2.24, 2.45) is 5.92 Å².